The van der Waals surface area contributed by atoms with Gasteiger partial charge in [-0.2, -0.15) is 0 Å². The molecule has 3 aliphatic carbocycles. The van der Waals surface area contributed by atoms with Crippen molar-refractivity contribution in [1.82, 2.24) is 10.2 Å². The molecule has 0 aromatic heterocycles. The number of rotatable bonds is 4. The Morgan fingerprint density at radius 2 is 1.54 bits per heavy atom. The van der Waals surface area contributed by atoms with Crippen LogP contribution in [0.25, 0.3) is 0 Å². The molecule has 0 unspecified atom stereocenters. The van der Waals surface area contributed by atoms with E-state index >= 15 is 0 Å². The van der Waals surface area contributed by atoms with Crippen molar-refractivity contribution in [3.63, 3.8) is 0 Å². The summed E-state index contributed by atoms with van der Waals surface area (Å²) in [5, 5.41) is 3.49. The predicted octanol–water partition coefficient (Wildman–Crippen LogP) is 6.15. The molecule has 4 nitrogen and oxygen atoms in total. The Kier molecular flexibility index (Phi) is 6.05. The van der Waals surface area contributed by atoms with Crippen LogP contribution in [0.5, 0.6) is 0 Å². The largest absolute Gasteiger partial charge is 0.345 e. The second-order valence-corrected chi connectivity index (χ2v) is 12.6. The van der Waals surface area contributed by atoms with Gasteiger partial charge in [-0.15, -0.1) is 0 Å². The van der Waals surface area contributed by atoms with E-state index in [1.807, 2.05) is 54.4 Å². The van der Waals surface area contributed by atoms with E-state index in [0.717, 1.165) is 43.2 Å². The lowest BCUT2D eigenvalue weighted by molar-refractivity contribution is -0.142. The zero-order valence-electron chi connectivity index (χ0n) is 22.4. The van der Waals surface area contributed by atoms with Gasteiger partial charge in [0.2, 0.25) is 11.8 Å². The number of nitrogens with zero attached hydrogens (tertiary/aromatic N) is 1. The van der Waals surface area contributed by atoms with Crippen molar-refractivity contribution in [2.75, 3.05) is 7.05 Å². The summed E-state index contributed by atoms with van der Waals surface area (Å²) >= 11 is 0. The van der Waals surface area contributed by atoms with E-state index in [4.69, 9.17) is 0 Å². The minimum absolute atomic E-state index is 0.0342. The fraction of sp³-hybridized carbons (Fsp3) is 0.515. The van der Waals surface area contributed by atoms with Crippen LogP contribution in [-0.4, -0.2) is 29.8 Å². The molecule has 37 heavy (non-hydrogen) atoms. The summed E-state index contributed by atoms with van der Waals surface area (Å²) in [5.74, 6) is 2.19. The van der Waals surface area contributed by atoms with Crippen LogP contribution in [0.4, 0.5) is 0 Å². The number of likely N-dealkylation sites (N-methyl/N-ethyl adjacent to an activating group) is 1. The lowest BCUT2D eigenvalue weighted by Crippen LogP contribution is -2.59. The van der Waals surface area contributed by atoms with E-state index < -0.39 is 0 Å². The third kappa shape index (κ3) is 3.86. The van der Waals surface area contributed by atoms with Crippen molar-refractivity contribution < 1.29 is 9.59 Å². The summed E-state index contributed by atoms with van der Waals surface area (Å²) < 4.78 is 0. The van der Waals surface area contributed by atoms with Gasteiger partial charge in [0.1, 0.15) is 0 Å². The van der Waals surface area contributed by atoms with Gasteiger partial charge in [0, 0.05) is 24.4 Å². The van der Waals surface area contributed by atoms with E-state index in [9.17, 15) is 9.59 Å². The van der Waals surface area contributed by atoms with Gasteiger partial charge in [-0.05, 0) is 78.9 Å². The fourth-order valence-electron chi connectivity index (χ4n) is 9.06. The first kappa shape index (κ1) is 24.5. The van der Waals surface area contributed by atoms with Gasteiger partial charge in [0.25, 0.3) is 0 Å². The third-order valence-electron chi connectivity index (χ3n) is 11.0. The minimum Gasteiger partial charge on any atom is -0.345 e. The van der Waals surface area contributed by atoms with Gasteiger partial charge in [-0.1, -0.05) is 80.6 Å². The lowest BCUT2D eigenvalue weighted by Gasteiger charge is -2.60. The zero-order chi connectivity index (χ0) is 25.8. The van der Waals surface area contributed by atoms with Crippen LogP contribution < -0.4 is 5.32 Å². The number of carbonyl (C=O) groups is 2. The molecule has 1 N–H and O–H groups in total. The summed E-state index contributed by atoms with van der Waals surface area (Å²) in [7, 11) is 1.98. The molecule has 0 spiro atoms. The fourth-order valence-corrected chi connectivity index (χ4v) is 9.06. The van der Waals surface area contributed by atoms with Crippen molar-refractivity contribution >= 4 is 11.8 Å². The number of amides is 2. The van der Waals surface area contributed by atoms with Crippen molar-refractivity contribution in [3.05, 3.63) is 83.9 Å². The van der Waals surface area contributed by atoms with Gasteiger partial charge in [0.15, 0.2) is 0 Å². The molecule has 4 aliphatic rings. The van der Waals surface area contributed by atoms with Gasteiger partial charge in [0.05, 0.1) is 6.04 Å². The second-order valence-electron chi connectivity index (χ2n) is 12.6. The molecule has 3 fully saturated rings. The average molecular weight is 497 g/mol. The molecule has 1 heterocycles. The number of fused-ring (bicyclic) bond motifs is 5. The highest BCUT2D eigenvalue weighted by Gasteiger charge is 2.61. The topological polar surface area (TPSA) is 49.4 Å². The van der Waals surface area contributed by atoms with Crippen LogP contribution >= 0.6 is 0 Å². The van der Waals surface area contributed by atoms with Gasteiger partial charge in [-0.25, -0.2) is 0 Å². The van der Waals surface area contributed by atoms with E-state index in [2.05, 4.69) is 49.5 Å². The van der Waals surface area contributed by atoms with E-state index in [1.165, 1.54) is 6.42 Å². The van der Waals surface area contributed by atoms with Crippen LogP contribution in [0.1, 0.15) is 69.5 Å². The van der Waals surface area contributed by atoms with Crippen molar-refractivity contribution in [1.29, 1.82) is 0 Å². The molecular formula is C33H40N2O2. The number of carbonyl (C=O) groups excluding carboxylic acids is 2. The van der Waals surface area contributed by atoms with Gasteiger partial charge < -0.3 is 10.2 Å². The molecule has 7 atom stereocenters. The monoisotopic (exact) mass is 496 g/mol. The molecule has 6 rings (SSSR count). The molecule has 3 saturated carbocycles. The predicted molar refractivity (Wildman–Crippen MR) is 146 cm³/mol. The summed E-state index contributed by atoms with van der Waals surface area (Å²) in [6.45, 7) is 4.80. The Morgan fingerprint density at radius 1 is 0.892 bits per heavy atom. The summed E-state index contributed by atoms with van der Waals surface area (Å²) in [4.78, 5) is 28.4. The number of hydrogen-bond acceptors (Lipinski definition) is 2. The average Bonchev–Trinajstić information content (AvgIpc) is 3.28. The highest BCUT2D eigenvalue weighted by atomic mass is 16.2. The quantitative estimate of drug-likeness (QED) is 0.552. The van der Waals surface area contributed by atoms with E-state index in [0.29, 0.717) is 23.8 Å². The van der Waals surface area contributed by atoms with Crippen molar-refractivity contribution in [2.45, 2.75) is 64.5 Å². The third-order valence-corrected chi connectivity index (χ3v) is 11.0. The highest BCUT2D eigenvalue weighted by molar-refractivity contribution is 5.89. The number of hydrogen-bond donors (Lipinski definition) is 1. The number of nitrogens with one attached hydrogen (secondary N) is 1. The van der Waals surface area contributed by atoms with Crippen LogP contribution in [0.3, 0.4) is 0 Å². The van der Waals surface area contributed by atoms with Gasteiger partial charge in [-0.3, -0.25) is 9.59 Å². The lowest BCUT2D eigenvalue weighted by atomic mass is 9.47. The first-order chi connectivity index (χ1) is 17.8. The standard InChI is InChI=1S/C33H40N2O2/c1-32-20-18-26-24(14-17-28-33(26,2)21-19-29(36)35(28)3)25(32)15-16-27(32)31(37)34-30(22-10-6-4-7-11-22)23-12-8-5-9-13-23/h4-13,19,21,24-28,30H,14-18,20H2,1-3H3,(H,34,37)/t24-,25-,26-,27-,28+,32-,33+/m0/s1. The summed E-state index contributed by atoms with van der Waals surface area (Å²) in [6.07, 6.45) is 10.6. The maximum Gasteiger partial charge on any atom is 0.246 e. The molecule has 0 bridgehead atoms. The van der Waals surface area contributed by atoms with Crippen molar-refractivity contribution in [2.24, 2.45) is 34.5 Å². The number of benzene rings is 2. The normalized spacial score (nSPS) is 36.6. The maximum absolute atomic E-state index is 14.0. The molecule has 2 aromatic carbocycles. The first-order valence-corrected chi connectivity index (χ1v) is 14.2. The Bertz CT molecular complexity index is 1150. The van der Waals surface area contributed by atoms with E-state index in [1.54, 1.807) is 0 Å². The molecule has 2 amide bonds. The summed E-state index contributed by atoms with van der Waals surface area (Å²) in [5.41, 5.74) is 2.32. The maximum atomic E-state index is 14.0. The minimum atomic E-state index is -0.135. The van der Waals surface area contributed by atoms with Gasteiger partial charge >= 0.3 is 0 Å². The molecule has 0 saturated heterocycles. The Labute approximate surface area is 221 Å². The molecule has 0 radical (unpaired) electrons. The highest BCUT2D eigenvalue weighted by Crippen LogP contribution is 2.65. The molecule has 1 aliphatic heterocycles. The molecule has 2 aromatic rings. The molecular weight excluding hydrogens is 456 g/mol. The Morgan fingerprint density at radius 3 is 2.19 bits per heavy atom. The molecule has 194 valence electrons. The smallest absolute Gasteiger partial charge is 0.246 e. The van der Waals surface area contributed by atoms with Crippen molar-refractivity contribution in [3.8, 4) is 0 Å². The second kappa shape index (κ2) is 9.15. The first-order valence-electron chi connectivity index (χ1n) is 14.2. The zero-order valence-corrected chi connectivity index (χ0v) is 22.4. The van der Waals surface area contributed by atoms with Crippen LogP contribution in [-0.2, 0) is 9.59 Å². The Hall–Kier alpha value is -2.88. The Balaban J connectivity index is 1.25. The molecule has 4 heteroatoms. The van der Waals surface area contributed by atoms with Crippen LogP contribution in [0, 0.1) is 34.5 Å². The van der Waals surface area contributed by atoms with Crippen LogP contribution in [0.15, 0.2) is 72.8 Å². The van der Waals surface area contributed by atoms with Crippen LogP contribution in [0.2, 0.25) is 0 Å². The van der Waals surface area contributed by atoms with E-state index in [-0.39, 0.29) is 34.6 Å². The SMILES string of the molecule is CN1C(=O)C=C[C@]2(C)[C@H]3CC[C@]4(C)[C@H](C(=O)NC(c5ccccc5)c5ccccc5)CC[C@H]4[C@@H]3CC[C@@H]12. The summed E-state index contributed by atoms with van der Waals surface area (Å²) in [6, 6.07) is 20.9.